The Labute approximate surface area is 180 Å². The first kappa shape index (κ1) is 19.9. The third-order valence-electron chi connectivity index (χ3n) is 5.98. The summed E-state index contributed by atoms with van der Waals surface area (Å²) in [5.74, 6) is 0.426. The molecule has 1 aromatic heterocycles. The fraction of sp³-hybridized carbons (Fsp3) is 0.318. The summed E-state index contributed by atoms with van der Waals surface area (Å²) < 4.78 is 32.7. The van der Waals surface area contributed by atoms with Gasteiger partial charge < -0.3 is 10.1 Å². The SMILES string of the molecule is CCOC(=O)c1cnc(NC2C3CN(S(=O)(=O)c4ccc5ccccc5c4)CC32)nc1. The monoisotopic (exact) mass is 438 g/mol. The van der Waals surface area contributed by atoms with Crippen molar-refractivity contribution in [3.63, 3.8) is 0 Å². The van der Waals surface area contributed by atoms with E-state index in [0.717, 1.165) is 10.8 Å². The first-order valence-corrected chi connectivity index (χ1v) is 11.7. The zero-order chi connectivity index (χ0) is 21.6. The minimum atomic E-state index is -3.53. The average Bonchev–Trinajstić information content (AvgIpc) is 3.20. The fourth-order valence-electron chi connectivity index (χ4n) is 4.25. The van der Waals surface area contributed by atoms with Gasteiger partial charge in [-0.2, -0.15) is 4.31 Å². The van der Waals surface area contributed by atoms with Crippen LogP contribution in [0, 0.1) is 11.8 Å². The lowest BCUT2D eigenvalue weighted by Crippen LogP contribution is -2.33. The van der Waals surface area contributed by atoms with Crippen LogP contribution in [0.25, 0.3) is 10.8 Å². The van der Waals surface area contributed by atoms with Gasteiger partial charge in [-0.05, 0) is 41.7 Å². The number of piperidine rings is 1. The van der Waals surface area contributed by atoms with Crippen molar-refractivity contribution < 1.29 is 17.9 Å². The van der Waals surface area contributed by atoms with Crippen LogP contribution in [0.3, 0.4) is 0 Å². The van der Waals surface area contributed by atoms with Gasteiger partial charge in [-0.3, -0.25) is 0 Å². The van der Waals surface area contributed by atoms with Gasteiger partial charge >= 0.3 is 5.97 Å². The van der Waals surface area contributed by atoms with Crippen molar-refractivity contribution in [3.8, 4) is 0 Å². The van der Waals surface area contributed by atoms with Crippen LogP contribution in [0.5, 0.6) is 0 Å². The van der Waals surface area contributed by atoms with Crippen molar-refractivity contribution in [1.29, 1.82) is 0 Å². The lowest BCUT2D eigenvalue weighted by atomic mass is 10.1. The number of rotatable bonds is 6. The Kier molecular flexibility index (Phi) is 4.86. The first-order chi connectivity index (χ1) is 15.0. The number of esters is 1. The average molecular weight is 439 g/mol. The number of aromatic nitrogens is 2. The van der Waals surface area contributed by atoms with Crippen molar-refractivity contribution in [3.05, 3.63) is 60.4 Å². The number of ether oxygens (including phenoxy) is 1. The van der Waals surface area contributed by atoms with Crippen LogP contribution in [-0.4, -0.2) is 54.4 Å². The maximum Gasteiger partial charge on any atom is 0.341 e. The molecule has 2 heterocycles. The molecule has 0 bridgehead atoms. The number of anilines is 1. The molecule has 0 radical (unpaired) electrons. The van der Waals surface area contributed by atoms with Crippen molar-refractivity contribution in [2.45, 2.75) is 17.9 Å². The molecular weight excluding hydrogens is 416 g/mol. The van der Waals surface area contributed by atoms with E-state index >= 15 is 0 Å². The van der Waals surface area contributed by atoms with Gasteiger partial charge in [0.2, 0.25) is 16.0 Å². The Hall–Kier alpha value is -3.04. The van der Waals surface area contributed by atoms with Gasteiger partial charge in [0, 0.05) is 31.5 Å². The molecule has 9 heteroatoms. The number of benzene rings is 2. The van der Waals surface area contributed by atoms with Crippen LogP contribution >= 0.6 is 0 Å². The van der Waals surface area contributed by atoms with Crippen LogP contribution in [0.2, 0.25) is 0 Å². The predicted octanol–water partition coefficient (Wildman–Crippen LogP) is 2.54. The summed E-state index contributed by atoms with van der Waals surface area (Å²) in [6.45, 7) is 2.98. The van der Waals surface area contributed by atoms with Gasteiger partial charge in [0.05, 0.1) is 17.1 Å². The largest absolute Gasteiger partial charge is 0.462 e. The molecule has 31 heavy (non-hydrogen) atoms. The number of hydrogen-bond donors (Lipinski definition) is 1. The highest BCUT2D eigenvalue weighted by Gasteiger charge is 2.58. The second-order valence-corrected chi connectivity index (χ2v) is 9.78. The third-order valence-corrected chi connectivity index (χ3v) is 7.81. The smallest absolute Gasteiger partial charge is 0.341 e. The zero-order valence-corrected chi connectivity index (χ0v) is 17.7. The van der Waals surface area contributed by atoms with Crippen molar-refractivity contribution in [2.75, 3.05) is 25.0 Å². The number of nitrogens with zero attached hydrogens (tertiary/aromatic N) is 3. The highest BCUT2D eigenvalue weighted by atomic mass is 32.2. The lowest BCUT2D eigenvalue weighted by Gasteiger charge is -2.20. The minimum absolute atomic E-state index is 0.136. The molecule has 8 nitrogen and oxygen atoms in total. The van der Waals surface area contributed by atoms with Crippen LogP contribution in [0.1, 0.15) is 17.3 Å². The van der Waals surface area contributed by atoms with Crippen molar-refractivity contribution in [1.82, 2.24) is 14.3 Å². The minimum Gasteiger partial charge on any atom is -0.462 e. The summed E-state index contributed by atoms with van der Waals surface area (Å²) >= 11 is 0. The van der Waals surface area contributed by atoms with Crippen LogP contribution < -0.4 is 5.32 Å². The van der Waals surface area contributed by atoms with Gasteiger partial charge in [0.25, 0.3) is 0 Å². The number of fused-ring (bicyclic) bond motifs is 2. The maximum atomic E-state index is 13.1. The predicted molar refractivity (Wildman–Crippen MR) is 115 cm³/mol. The second-order valence-electron chi connectivity index (χ2n) is 7.84. The van der Waals surface area contributed by atoms with E-state index in [1.54, 1.807) is 23.4 Å². The molecular formula is C22H22N4O4S. The fourth-order valence-corrected chi connectivity index (χ4v) is 5.80. The molecule has 2 aromatic carbocycles. The Morgan fingerprint density at radius 3 is 2.45 bits per heavy atom. The van der Waals surface area contributed by atoms with Crippen LogP contribution in [0.4, 0.5) is 5.95 Å². The summed E-state index contributed by atoms with van der Waals surface area (Å²) in [7, 11) is -3.53. The van der Waals surface area contributed by atoms with E-state index in [9.17, 15) is 13.2 Å². The Morgan fingerprint density at radius 1 is 1.10 bits per heavy atom. The second kappa shape index (κ2) is 7.58. The van der Waals surface area contributed by atoms with E-state index in [-0.39, 0.29) is 17.9 Å². The highest BCUT2D eigenvalue weighted by Crippen LogP contribution is 2.48. The number of carbonyl (C=O) groups excluding carboxylic acids is 1. The van der Waals surface area contributed by atoms with E-state index in [1.807, 2.05) is 30.3 Å². The van der Waals surface area contributed by atoms with Gasteiger partial charge in [0.15, 0.2) is 0 Å². The number of nitrogens with one attached hydrogen (secondary N) is 1. The molecule has 160 valence electrons. The molecule has 2 fully saturated rings. The molecule has 1 saturated heterocycles. The van der Waals surface area contributed by atoms with Gasteiger partial charge in [-0.25, -0.2) is 23.2 Å². The third kappa shape index (κ3) is 3.64. The Morgan fingerprint density at radius 2 is 1.77 bits per heavy atom. The van der Waals surface area contributed by atoms with Crippen molar-refractivity contribution in [2.24, 2.45) is 11.8 Å². The molecule has 3 aromatic rings. The molecule has 5 rings (SSSR count). The van der Waals surface area contributed by atoms with Gasteiger partial charge in [-0.15, -0.1) is 0 Å². The van der Waals surface area contributed by atoms with Gasteiger partial charge in [0.1, 0.15) is 0 Å². The van der Waals surface area contributed by atoms with Crippen LogP contribution in [-0.2, 0) is 14.8 Å². The molecule has 1 saturated carbocycles. The summed E-state index contributed by atoms with van der Waals surface area (Å²) in [6, 6.07) is 13.1. The van der Waals surface area contributed by atoms with E-state index in [0.29, 0.717) is 36.1 Å². The lowest BCUT2D eigenvalue weighted by molar-refractivity contribution is 0.0525. The normalized spacial score (nSPS) is 22.8. The summed E-state index contributed by atoms with van der Waals surface area (Å²) in [5.41, 5.74) is 0.302. The van der Waals surface area contributed by atoms with Crippen molar-refractivity contribution >= 4 is 32.7 Å². The van der Waals surface area contributed by atoms with Gasteiger partial charge in [-0.1, -0.05) is 30.3 Å². The summed E-state index contributed by atoms with van der Waals surface area (Å²) in [5, 5.41) is 5.19. The molecule has 1 aliphatic carbocycles. The Bertz CT molecular complexity index is 1230. The number of sulfonamides is 1. The highest BCUT2D eigenvalue weighted by molar-refractivity contribution is 7.89. The first-order valence-electron chi connectivity index (χ1n) is 10.2. The standard InChI is InChI=1S/C22H22N4O4S/c1-2-30-21(27)16-10-23-22(24-11-16)25-20-18-12-26(13-19(18)20)31(28,29)17-8-7-14-5-3-4-6-15(14)9-17/h3-11,18-20H,2,12-13H2,1H3,(H,23,24,25). The topological polar surface area (TPSA) is 101 Å². The number of hydrogen-bond acceptors (Lipinski definition) is 7. The van der Waals surface area contributed by atoms with E-state index in [2.05, 4.69) is 15.3 Å². The molecule has 0 spiro atoms. The zero-order valence-electron chi connectivity index (χ0n) is 16.9. The van der Waals surface area contributed by atoms with E-state index < -0.39 is 16.0 Å². The molecule has 2 unspecified atom stereocenters. The molecule has 1 aliphatic heterocycles. The quantitative estimate of drug-likeness (QED) is 0.590. The molecule has 2 atom stereocenters. The van der Waals surface area contributed by atoms with E-state index in [1.165, 1.54) is 12.4 Å². The summed E-state index contributed by atoms with van der Waals surface area (Å²) in [6.07, 6.45) is 2.87. The molecule has 1 N–H and O–H groups in total. The summed E-state index contributed by atoms with van der Waals surface area (Å²) in [4.78, 5) is 20.4. The van der Waals surface area contributed by atoms with E-state index in [4.69, 9.17) is 4.74 Å². The molecule has 2 aliphatic rings. The maximum absolute atomic E-state index is 13.1. The Balaban J connectivity index is 1.23. The van der Waals surface area contributed by atoms with Crippen LogP contribution in [0.15, 0.2) is 59.8 Å². The molecule has 0 amide bonds. The number of carbonyl (C=O) groups is 1.